The fourth-order valence-electron chi connectivity index (χ4n) is 5.43. The Morgan fingerprint density at radius 2 is 1.81 bits per heavy atom. The quantitative estimate of drug-likeness (QED) is 0.340. The van der Waals surface area contributed by atoms with Crippen LogP contribution >= 0.6 is 0 Å². The van der Waals surface area contributed by atoms with Crippen molar-refractivity contribution in [3.63, 3.8) is 0 Å². The number of urea groups is 1. The van der Waals surface area contributed by atoms with Gasteiger partial charge in [0.25, 0.3) is 0 Å². The Labute approximate surface area is 246 Å². The summed E-state index contributed by atoms with van der Waals surface area (Å²) in [6.45, 7) is 9.25. The van der Waals surface area contributed by atoms with Crippen molar-refractivity contribution in [3.8, 4) is 11.5 Å². The Morgan fingerprint density at radius 1 is 1.10 bits per heavy atom. The molecule has 2 aliphatic heterocycles. The van der Waals surface area contributed by atoms with Gasteiger partial charge in [-0.2, -0.15) is 4.98 Å². The first-order valence-electron chi connectivity index (χ1n) is 14.0. The number of benzene rings is 2. The molecule has 1 saturated heterocycles. The monoisotopic (exact) mass is 571 g/mol. The van der Waals surface area contributed by atoms with Crippen molar-refractivity contribution in [1.29, 1.82) is 0 Å². The number of anilines is 5. The number of aromatic nitrogens is 2. The SMILES string of the molecule is C=CC(=O)Nc1cc(C2CCN(CC)CC2)ccc1Nc1ncc2c(n1)N(C)C(=O)N(c1cc(OC)cc(OC)c1)C2. The number of rotatable bonds is 9. The molecule has 0 unspecified atom stereocenters. The number of carbonyl (C=O) groups excluding carboxylic acids is 2. The first kappa shape index (κ1) is 28.9. The highest BCUT2D eigenvalue weighted by atomic mass is 16.5. The molecule has 0 spiro atoms. The lowest BCUT2D eigenvalue weighted by atomic mass is 9.89. The van der Waals surface area contributed by atoms with Gasteiger partial charge in [-0.15, -0.1) is 0 Å². The van der Waals surface area contributed by atoms with Crippen molar-refractivity contribution in [1.82, 2.24) is 14.9 Å². The molecule has 1 aromatic heterocycles. The topological polar surface area (TPSA) is 112 Å². The maximum absolute atomic E-state index is 13.4. The number of likely N-dealkylation sites (tertiary alicyclic amines) is 1. The molecule has 220 valence electrons. The van der Waals surface area contributed by atoms with E-state index in [1.54, 1.807) is 50.6 Å². The Hall–Kier alpha value is -4.64. The molecule has 2 aromatic carbocycles. The van der Waals surface area contributed by atoms with E-state index < -0.39 is 0 Å². The number of carbonyl (C=O) groups is 2. The summed E-state index contributed by atoms with van der Waals surface area (Å²) >= 11 is 0. The smallest absolute Gasteiger partial charge is 0.330 e. The number of amides is 3. The van der Waals surface area contributed by atoms with Crippen molar-refractivity contribution < 1.29 is 19.1 Å². The molecule has 0 aliphatic carbocycles. The van der Waals surface area contributed by atoms with Crippen LogP contribution in [0.2, 0.25) is 0 Å². The molecule has 11 heteroatoms. The second-order valence-corrected chi connectivity index (χ2v) is 10.4. The number of nitrogens with zero attached hydrogens (tertiary/aromatic N) is 5. The van der Waals surface area contributed by atoms with Gasteiger partial charge in [0.05, 0.1) is 37.8 Å². The van der Waals surface area contributed by atoms with E-state index in [0.717, 1.165) is 38.0 Å². The summed E-state index contributed by atoms with van der Waals surface area (Å²) in [6, 6.07) is 11.1. The van der Waals surface area contributed by atoms with Crippen LogP contribution in [0.25, 0.3) is 0 Å². The third-order valence-corrected chi connectivity index (χ3v) is 7.89. The van der Waals surface area contributed by atoms with Gasteiger partial charge in [-0.1, -0.05) is 19.6 Å². The van der Waals surface area contributed by atoms with Gasteiger partial charge in [0, 0.05) is 37.0 Å². The lowest BCUT2D eigenvalue weighted by Gasteiger charge is -2.34. The maximum atomic E-state index is 13.4. The minimum Gasteiger partial charge on any atom is -0.497 e. The van der Waals surface area contributed by atoms with E-state index >= 15 is 0 Å². The lowest BCUT2D eigenvalue weighted by molar-refractivity contribution is -0.111. The first-order chi connectivity index (χ1) is 20.3. The van der Waals surface area contributed by atoms with Crippen LogP contribution in [-0.2, 0) is 11.3 Å². The highest BCUT2D eigenvalue weighted by Gasteiger charge is 2.31. The zero-order valence-electron chi connectivity index (χ0n) is 24.5. The summed E-state index contributed by atoms with van der Waals surface area (Å²) in [6.07, 6.45) is 5.10. The van der Waals surface area contributed by atoms with E-state index in [-0.39, 0.29) is 18.5 Å². The minimum atomic E-state index is -0.304. The van der Waals surface area contributed by atoms with Gasteiger partial charge < -0.3 is 25.0 Å². The summed E-state index contributed by atoms with van der Waals surface area (Å²) in [5.74, 6) is 2.09. The van der Waals surface area contributed by atoms with E-state index in [2.05, 4.69) is 45.1 Å². The zero-order valence-corrected chi connectivity index (χ0v) is 24.5. The van der Waals surface area contributed by atoms with E-state index in [9.17, 15) is 9.59 Å². The van der Waals surface area contributed by atoms with Crippen LogP contribution in [0.4, 0.5) is 33.6 Å². The van der Waals surface area contributed by atoms with Gasteiger partial charge in [0.15, 0.2) is 0 Å². The second-order valence-electron chi connectivity index (χ2n) is 10.4. The van der Waals surface area contributed by atoms with Crippen molar-refractivity contribution in [2.45, 2.75) is 32.2 Å². The molecule has 42 heavy (non-hydrogen) atoms. The van der Waals surface area contributed by atoms with Crippen LogP contribution in [0.5, 0.6) is 11.5 Å². The summed E-state index contributed by atoms with van der Waals surface area (Å²) in [5, 5.41) is 6.17. The summed E-state index contributed by atoms with van der Waals surface area (Å²) in [4.78, 5) is 40.5. The summed E-state index contributed by atoms with van der Waals surface area (Å²) in [5.41, 5.74) is 3.87. The van der Waals surface area contributed by atoms with Crippen molar-refractivity contribution in [3.05, 3.63) is 66.4 Å². The Kier molecular flexibility index (Phi) is 8.58. The first-order valence-corrected chi connectivity index (χ1v) is 14.0. The van der Waals surface area contributed by atoms with E-state index in [0.29, 0.717) is 46.2 Å². The van der Waals surface area contributed by atoms with Crippen LogP contribution < -0.4 is 29.9 Å². The number of ether oxygens (including phenoxy) is 2. The summed E-state index contributed by atoms with van der Waals surface area (Å²) in [7, 11) is 4.81. The number of nitrogens with one attached hydrogen (secondary N) is 2. The zero-order chi connectivity index (χ0) is 29.8. The van der Waals surface area contributed by atoms with Crippen LogP contribution in [-0.4, -0.2) is 67.7 Å². The highest BCUT2D eigenvalue weighted by molar-refractivity contribution is 6.05. The van der Waals surface area contributed by atoms with Crippen LogP contribution in [0.1, 0.15) is 36.8 Å². The van der Waals surface area contributed by atoms with Gasteiger partial charge in [-0.05, 0) is 62.2 Å². The Bertz CT molecular complexity index is 1460. The predicted octanol–water partition coefficient (Wildman–Crippen LogP) is 5.14. The van der Waals surface area contributed by atoms with Gasteiger partial charge in [-0.3, -0.25) is 14.6 Å². The van der Waals surface area contributed by atoms with Gasteiger partial charge >= 0.3 is 6.03 Å². The highest BCUT2D eigenvalue weighted by Crippen LogP contribution is 2.36. The number of fused-ring (bicyclic) bond motifs is 1. The molecule has 2 N–H and O–H groups in total. The molecule has 5 rings (SSSR count). The molecule has 11 nitrogen and oxygen atoms in total. The predicted molar refractivity (Wildman–Crippen MR) is 164 cm³/mol. The number of hydrogen-bond acceptors (Lipinski definition) is 8. The van der Waals surface area contributed by atoms with Gasteiger partial charge in [-0.25, -0.2) is 9.78 Å². The van der Waals surface area contributed by atoms with Crippen molar-refractivity contribution in [2.24, 2.45) is 0 Å². The molecule has 0 atom stereocenters. The summed E-state index contributed by atoms with van der Waals surface area (Å²) < 4.78 is 10.8. The van der Waals surface area contributed by atoms with E-state index in [4.69, 9.17) is 9.47 Å². The molecular formula is C31H37N7O4. The minimum absolute atomic E-state index is 0.250. The molecular weight excluding hydrogens is 534 g/mol. The van der Waals surface area contributed by atoms with E-state index in [1.165, 1.54) is 16.5 Å². The number of methoxy groups -OCH3 is 2. The Morgan fingerprint density at radius 3 is 2.45 bits per heavy atom. The molecule has 1 fully saturated rings. The van der Waals surface area contributed by atoms with Crippen molar-refractivity contribution >= 4 is 40.8 Å². The Balaban J connectivity index is 1.40. The third-order valence-electron chi connectivity index (χ3n) is 7.89. The van der Waals surface area contributed by atoms with E-state index in [1.807, 2.05) is 12.1 Å². The molecule has 3 aromatic rings. The second kappa shape index (κ2) is 12.5. The molecule has 2 aliphatic rings. The fraction of sp³-hybridized carbons (Fsp3) is 0.355. The van der Waals surface area contributed by atoms with Crippen LogP contribution in [0.3, 0.4) is 0 Å². The molecule has 0 bridgehead atoms. The molecule has 0 radical (unpaired) electrons. The van der Waals surface area contributed by atoms with Crippen molar-refractivity contribution in [2.75, 3.05) is 61.3 Å². The normalized spacial score (nSPS) is 15.7. The van der Waals surface area contributed by atoms with Crippen LogP contribution in [0.15, 0.2) is 55.3 Å². The maximum Gasteiger partial charge on any atom is 0.330 e. The van der Waals surface area contributed by atoms with Gasteiger partial charge in [0.1, 0.15) is 17.3 Å². The molecule has 3 amide bonds. The van der Waals surface area contributed by atoms with Crippen LogP contribution in [0, 0.1) is 0 Å². The fourth-order valence-corrected chi connectivity index (χ4v) is 5.43. The third kappa shape index (κ3) is 6.01. The molecule has 3 heterocycles. The largest absolute Gasteiger partial charge is 0.497 e. The number of piperidine rings is 1. The lowest BCUT2D eigenvalue weighted by Crippen LogP contribution is -2.46. The average molecular weight is 572 g/mol. The number of hydrogen-bond donors (Lipinski definition) is 2. The van der Waals surface area contributed by atoms with Gasteiger partial charge in [0.2, 0.25) is 11.9 Å². The molecule has 0 saturated carbocycles. The average Bonchev–Trinajstić information content (AvgIpc) is 3.03. The standard InChI is InChI=1S/C31H37N7O4/c1-6-28(39)33-27-14-21(20-10-12-37(7-2)13-11-20)8-9-26(27)34-30-32-18-22-19-38(31(40)36(3)29(22)35-30)23-15-24(41-4)17-25(16-23)42-5/h6,8-9,14-18,20H,1,7,10-13,19H2,2-5H3,(H,33,39)(H,32,34,35).